The molecule has 0 radical (unpaired) electrons. The van der Waals surface area contributed by atoms with Crippen molar-refractivity contribution < 1.29 is 13.6 Å². The lowest BCUT2D eigenvalue weighted by Gasteiger charge is -2.37. The van der Waals surface area contributed by atoms with Crippen LogP contribution < -0.4 is 5.32 Å². The Kier molecular flexibility index (Phi) is 3.04. The van der Waals surface area contributed by atoms with Crippen LogP contribution in [0.1, 0.15) is 24.9 Å². The Morgan fingerprint density at radius 2 is 2.00 bits per heavy atom. The maximum atomic E-state index is 13.7. The van der Waals surface area contributed by atoms with E-state index in [1.165, 1.54) is 23.1 Å². The van der Waals surface area contributed by atoms with E-state index in [-0.39, 0.29) is 11.7 Å². The molecule has 3 atom stereocenters. The highest BCUT2D eigenvalue weighted by Gasteiger charge is 2.42. The number of carbonyl (C=O) groups excluding carboxylic acids is 1. The van der Waals surface area contributed by atoms with E-state index in [0.717, 1.165) is 11.8 Å². The SMILES string of the molecule is C[C@@H]1C=C2Nc3ncnn3[C@@H](c3cc(F)cc(F)c3)[C@@H]2C(=O)C1. The van der Waals surface area contributed by atoms with Crippen molar-refractivity contribution >= 4 is 11.7 Å². The molecule has 7 heteroatoms. The van der Waals surface area contributed by atoms with Gasteiger partial charge in [0.2, 0.25) is 5.95 Å². The minimum atomic E-state index is -0.678. The molecule has 1 aliphatic heterocycles. The van der Waals surface area contributed by atoms with E-state index in [4.69, 9.17) is 0 Å². The number of aromatic nitrogens is 3. The summed E-state index contributed by atoms with van der Waals surface area (Å²) in [7, 11) is 0. The third kappa shape index (κ3) is 2.23. The molecule has 1 aliphatic carbocycles. The summed E-state index contributed by atoms with van der Waals surface area (Å²) in [5, 5.41) is 7.25. The summed E-state index contributed by atoms with van der Waals surface area (Å²) >= 11 is 0. The third-order valence-electron chi connectivity index (χ3n) is 4.30. The number of allylic oxidation sites excluding steroid dienone is 2. The predicted octanol–water partition coefficient (Wildman–Crippen LogP) is 2.68. The molecule has 0 saturated heterocycles. The van der Waals surface area contributed by atoms with Crippen LogP contribution in [0.25, 0.3) is 0 Å². The van der Waals surface area contributed by atoms with Crippen LogP contribution in [0.2, 0.25) is 0 Å². The Balaban J connectivity index is 1.92. The number of benzene rings is 1. The van der Waals surface area contributed by atoms with Gasteiger partial charge in [0, 0.05) is 18.2 Å². The summed E-state index contributed by atoms with van der Waals surface area (Å²) in [5.74, 6) is -1.30. The van der Waals surface area contributed by atoms with Crippen LogP contribution in [0.5, 0.6) is 0 Å². The van der Waals surface area contributed by atoms with Crippen LogP contribution in [0.15, 0.2) is 36.3 Å². The lowest BCUT2D eigenvalue weighted by atomic mass is 9.78. The molecule has 0 fully saturated rings. The number of halogens is 2. The fraction of sp³-hybridized carbons (Fsp3) is 0.312. The zero-order chi connectivity index (χ0) is 16.1. The van der Waals surface area contributed by atoms with Gasteiger partial charge in [-0.1, -0.05) is 13.0 Å². The molecule has 0 spiro atoms. The van der Waals surface area contributed by atoms with E-state index in [1.54, 1.807) is 0 Å². The molecule has 2 aromatic rings. The van der Waals surface area contributed by atoms with E-state index in [1.807, 2.05) is 13.0 Å². The zero-order valence-electron chi connectivity index (χ0n) is 12.3. The van der Waals surface area contributed by atoms with Crippen molar-refractivity contribution in [3.05, 3.63) is 53.5 Å². The van der Waals surface area contributed by atoms with E-state index in [0.29, 0.717) is 17.9 Å². The molecule has 0 unspecified atom stereocenters. The van der Waals surface area contributed by atoms with Gasteiger partial charge in [0.1, 0.15) is 23.7 Å². The summed E-state index contributed by atoms with van der Waals surface area (Å²) in [6.45, 7) is 1.96. The monoisotopic (exact) mass is 316 g/mol. The number of anilines is 1. The van der Waals surface area contributed by atoms with Gasteiger partial charge in [0.15, 0.2) is 0 Å². The lowest BCUT2D eigenvalue weighted by molar-refractivity contribution is -0.123. The van der Waals surface area contributed by atoms with Crippen LogP contribution in [0.3, 0.4) is 0 Å². The first-order chi connectivity index (χ1) is 11.0. The molecule has 4 rings (SSSR count). The normalized spacial score (nSPS) is 26.1. The van der Waals surface area contributed by atoms with E-state index in [9.17, 15) is 13.6 Å². The van der Waals surface area contributed by atoms with Gasteiger partial charge in [-0.05, 0) is 23.6 Å². The molecule has 23 heavy (non-hydrogen) atoms. The minimum absolute atomic E-state index is 0.0262. The highest BCUT2D eigenvalue weighted by Crippen LogP contribution is 2.42. The van der Waals surface area contributed by atoms with E-state index < -0.39 is 23.6 Å². The molecule has 1 N–H and O–H groups in total. The number of nitrogens with one attached hydrogen (secondary N) is 1. The Morgan fingerprint density at radius 1 is 1.26 bits per heavy atom. The van der Waals surface area contributed by atoms with Gasteiger partial charge in [-0.15, -0.1) is 0 Å². The number of nitrogens with zero attached hydrogens (tertiary/aromatic N) is 3. The Bertz CT molecular complexity index is 809. The van der Waals surface area contributed by atoms with Crippen molar-refractivity contribution in [3.8, 4) is 0 Å². The molecule has 0 saturated carbocycles. The van der Waals surface area contributed by atoms with Crippen LogP contribution >= 0.6 is 0 Å². The molecule has 2 aliphatic rings. The molecule has 0 amide bonds. The van der Waals surface area contributed by atoms with E-state index in [2.05, 4.69) is 15.4 Å². The first kappa shape index (κ1) is 14.0. The van der Waals surface area contributed by atoms with Crippen molar-refractivity contribution in [2.45, 2.75) is 19.4 Å². The second-order valence-electron chi connectivity index (χ2n) is 6.05. The van der Waals surface area contributed by atoms with Crippen molar-refractivity contribution in [3.63, 3.8) is 0 Å². The second-order valence-corrected chi connectivity index (χ2v) is 6.05. The standard InChI is InChI=1S/C16H14F2N4O/c1-8-2-12-14(13(23)3-8)15(22-16(21-12)19-7-20-22)9-4-10(17)6-11(18)5-9/h2,4-8,14-15H,3H2,1H3,(H,19,20,21)/t8-,14+,15+/m1/s1. The number of ketones is 1. The van der Waals surface area contributed by atoms with Crippen LogP contribution in [-0.2, 0) is 4.79 Å². The Labute approximate surface area is 131 Å². The molecule has 1 aromatic carbocycles. The Hall–Kier alpha value is -2.57. The highest BCUT2D eigenvalue weighted by atomic mass is 19.1. The van der Waals surface area contributed by atoms with Gasteiger partial charge in [-0.2, -0.15) is 10.1 Å². The molecule has 0 bridgehead atoms. The van der Waals surface area contributed by atoms with Gasteiger partial charge < -0.3 is 5.32 Å². The first-order valence-corrected chi connectivity index (χ1v) is 7.40. The largest absolute Gasteiger partial charge is 0.328 e. The van der Waals surface area contributed by atoms with Crippen LogP contribution in [-0.4, -0.2) is 20.5 Å². The Morgan fingerprint density at radius 3 is 2.74 bits per heavy atom. The van der Waals surface area contributed by atoms with Crippen molar-refractivity contribution in [2.75, 3.05) is 5.32 Å². The van der Waals surface area contributed by atoms with Crippen molar-refractivity contribution in [1.29, 1.82) is 0 Å². The van der Waals surface area contributed by atoms with Gasteiger partial charge in [-0.25, -0.2) is 13.5 Å². The number of hydrogen-bond donors (Lipinski definition) is 1. The summed E-state index contributed by atoms with van der Waals surface area (Å²) < 4.78 is 28.9. The van der Waals surface area contributed by atoms with Gasteiger partial charge in [0.25, 0.3) is 0 Å². The number of rotatable bonds is 1. The van der Waals surface area contributed by atoms with Gasteiger partial charge in [-0.3, -0.25) is 4.79 Å². The number of hydrogen-bond acceptors (Lipinski definition) is 4. The number of Topliss-reactive ketones (excluding diaryl/α,β-unsaturated/α-hetero) is 1. The first-order valence-electron chi connectivity index (χ1n) is 7.40. The topological polar surface area (TPSA) is 59.8 Å². The smallest absolute Gasteiger partial charge is 0.226 e. The molecule has 2 heterocycles. The van der Waals surface area contributed by atoms with Gasteiger partial charge in [0.05, 0.1) is 12.0 Å². The lowest BCUT2D eigenvalue weighted by Crippen LogP contribution is -2.40. The minimum Gasteiger partial charge on any atom is -0.328 e. The van der Waals surface area contributed by atoms with Crippen LogP contribution in [0.4, 0.5) is 14.7 Å². The fourth-order valence-corrected chi connectivity index (χ4v) is 3.45. The van der Waals surface area contributed by atoms with Crippen LogP contribution in [0, 0.1) is 23.5 Å². The summed E-state index contributed by atoms with van der Waals surface area (Å²) in [4.78, 5) is 16.7. The number of carbonyl (C=O) groups is 1. The summed E-state index contributed by atoms with van der Waals surface area (Å²) in [6.07, 6.45) is 3.73. The average molecular weight is 316 g/mol. The maximum Gasteiger partial charge on any atom is 0.226 e. The predicted molar refractivity (Wildman–Crippen MR) is 78.5 cm³/mol. The van der Waals surface area contributed by atoms with Crippen molar-refractivity contribution in [1.82, 2.24) is 14.8 Å². The quantitative estimate of drug-likeness (QED) is 0.879. The zero-order valence-corrected chi connectivity index (χ0v) is 12.3. The average Bonchev–Trinajstić information content (AvgIpc) is 2.91. The molecular weight excluding hydrogens is 302 g/mol. The molecule has 1 aromatic heterocycles. The maximum absolute atomic E-state index is 13.7. The third-order valence-corrected chi connectivity index (χ3v) is 4.30. The fourth-order valence-electron chi connectivity index (χ4n) is 3.45. The van der Waals surface area contributed by atoms with Gasteiger partial charge >= 0.3 is 0 Å². The summed E-state index contributed by atoms with van der Waals surface area (Å²) in [6, 6.07) is 2.69. The molecular formula is C16H14F2N4O. The second kappa shape index (κ2) is 4.97. The number of fused-ring (bicyclic) bond motifs is 2. The summed E-state index contributed by atoms with van der Waals surface area (Å²) in [5.41, 5.74) is 1.10. The molecule has 118 valence electrons. The molecule has 5 nitrogen and oxygen atoms in total. The van der Waals surface area contributed by atoms with Crippen molar-refractivity contribution in [2.24, 2.45) is 11.8 Å². The highest BCUT2D eigenvalue weighted by molar-refractivity contribution is 5.87. The van der Waals surface area contributed by atoms with E-state index >= 15 is 0 Å².